The largest absolute Gasteiger partial charge is 0.483 e. The van der Waals surface area contributed by atoms with Crippen molar-refractivity contribution in [1.82, 2.24) is 4.90 Å². The van der Waals surface area contributed by atoms with Crippen LogP contribution in [-0.2, 0) is 4.79 Å². The zero-order chi connectivity index (χ0) is 14.6. The van der Waals surface area contributed by atoms with Crippen molar-refractivity contribution < 1.29 is 18.7 Å². The number of ether oxygens (including phenoxy) is 1. The molecule has 0 fully saturated rings. The van der Waals surface area contributed by atoms with Gasteiger partial charge in [-0.1, -0.05) is 0 Å². The van der Waals surface area contributed by atoms with Crippen molar-refractivity contribution in [3.8, 4) is 5.75 Å². The van der Waals surface area contributed by atoms with Gasteiger partial charge in [-0.2, -0.15) is 0 Å². The average molecular weight is 267 g/mol. The number of amides is 1. The first kappa shape index (κ1) is 15.1. The third kappa shape index (κ3) is 4.05. The molecule has 0 saturated heterocycles. The van der Waals surface area contributed by atoms with Gasteiger partial charge < -0.3 is 9.64 Å². The summed E-state index contributed by atoms with van der Waals surface area (Å²) in [6.07, 6.45) is 0. The molecule has 5 heteroatoms. The quantitative estimate of drug-likeness (QED) is 0.769. The predicted molar refractivity (Wildman–Crippen MR) is 69.8 cm³/mol. The van der Waals surface area contributed by atoms with Gasteiger partial charge in [0.2, 0.25) is 0 Å². The Hall–Kier alpha value is -1.91. The molecule has 0 unspecified atom stereocenters. The summed E-state index contributed by atoms with van der Waals surface area (Å²) in [6, 6.07) is 3.72. The normalized spacial score (nSPS) is 10.4. The Morgan fingerprint density at radius 1 is 1.37 bits per heavy atom. The Balaban J connectivity index is 2.78. The van der Waals surface area contributed by atoms with Crippen LogP contribution in [0.3, 0.4) is 0 Å². The van der Waals surface area contributed by atoms with E-state index in [9.17, 15) is 14.0 Å². The minimum Gasteiger partial charge on any atom is -0.483 e. The van der Waals surface area contributed by atoms with Gasteiger partial charge in [0.1, 0.15) is 11.6 Å². The maximum Gasteiger partial charge on any atom is 0.260 e. The number of hydrogen-bond donors (Lipinski definition) is 0. The zero-order valence-electron chi connectivity index (χ0n) is 11.6. The van der Waals surface area contributed by atoms with Gasteiger partial charge in [0.25, 0.3) is 5.91 Å². The summed E-state index contributed by atoms with van der Waals surface area (Å²) in [6.45, 7) is 4.91. The fraction of sp³-hybridized carbons (Fsp3) is 0.429. The number of hydrogen-bond acceptors (Lipinski definition) is 3. The molecule has 4 nitrogen and oxygen atoms in total. The van der Waals surface area contributed by atoms with Crippen LogP contribution >= 0.6 is 0 Å². The standard InChI is InChI=1S/C14H18FNO3/c1-9(2)16(4)14(18)8-19-13-6-5-11(15)7-12(13)10(3)17/h5-7,9H,8H2,1-4H3. The van der Waals surface area contributed by atoms with E-state index in [0.29, 0.717) is 0 Å². The fourth-order valence-electron chi connectivity index (χ4n) is 1.43. The number of likely N-dealkylation sites (N-methyl/N-ethyl adjacent to an activating group) is 1. The van der Waals surface area contributed by atoms with E-state index in [1.165, 1.54) is 24.0 Å². The van der Waals surface area contributed by atoms with E-state index in [4.69, 9.17) is 4.74 Å². The number of carbonyl (C=O) groups excluding carboxylic acids is 2. The molecule has 0 spiro atoms. The van der Waals surface area contributed by atoms with E-state index in [2.05, 4.69) is 0 Å². The summed E-state index contributed by atoms with van der Waals surface area (Å²) in [7, 11) is 1.67. The van der Waals surface area contributed by atoms with Crippen LogP contribution in [-0.4, -0.2) is 36.3 Å². The lowest BCUT2D eigenvalue weighted by atomic mass is 10.1. The van der Waals surface area contributed by atoms with Crippen LogP contribution in [0.15, 0.2) is 18.2 Å². The second-order valence-electron chi connectivity index (χ2n) is 4.58. The van der Waals surface area contributed by atoms with Crippen LogP contribution in [0.2, 0.25) is 0 Å². The lowest BCUT2D eigenvalue weighted by Crippen LogP contribution is -2.36. The van der Waals surface area contributed by atoms with Crippen LogP contribution in [0.5, 0.6) is 5.75 Å². The van der Waals surface area contributed by atoms with Crippen LogP contribution in [0, 0.1) is 5.82 Å². The van der Waals surface area contributed by atoms with E-state index in [1.807, 2.05) is 13.8 Å². The topological polar surface area (TPSA) is 46.6 Å². The molecule has 19 heavy (non-hydrogen) atoms. The second-order valence-corrected chi connectivity index (χ2v) is 4.58. The first-order valence-corrected chi connectivity index (χ1v) is 6.02. The highest BCUT2D eigenvalue weighted by atomic mass is 19.1. The van der Waals surface area contributed by atoms with Gasteiger partial charge in [0.15, 0.2) is 12.4 Å². The fourth-order valence-corrected chi connectivity index (χ4v) is 1.43. The molecule has 1 aromatic carbocycles. The molecule has 1 rings (SSSR count). The minimum absolute atomic E-state index is 0.0663. The van der Waals surface area contributed by atoms with Gasteiger partial charge in [-0.3, -0.25) is 9.59 Å². The monoisotopic (exact) mass is 267 g/mol. The van der Waals surface area contributed by atoms with Gasteiger partial charge in [-0.15, -0.1) is 0 Å². The molecule has 0 N–H and O–H groups in total. The minimum atomic E-state index is -0.511. The molecular weight excluding hydrogens is 249 g/mol. The number of benzene rings is 1. The van der Waals surface area contributed by atoms with E-state index >= 15 is 0 Å². The average Bonchev–Trinajstić information content (AvgIpc) is 2.35. The Bertz CT molecular complexity index is 486. The summed E-state index contributed by atoms with van der Waals surface area (Å²) in [4.78, 5) is 24.6. The molecule has 0 saturated carbocycles. The number of rotatable bonds is 5. The van der Waals surface area contributed by atoms with Gasteiger partial charge >= 0.3 is 0 Å². The smallest absolute Gasteiger partial charge is 0.260 e. The molecule has 0 aromatic heterocycles. The Kier molecular flexibility index (Phi) is 5.03. The van der Waals surface area contributed by atoms with Gasteiger partial charge in [0, 0.05) is 13.1 Å². The van der Waals surface area contributed by atoms with Crippen molar-refractivity contribution >= 4 is 11.7 Å². The van der Waals surface area contributed by atoms with Crippen LogP contribution in [0.25, 0.3) is 0 Å². The van der Waals surface area contributed by atoms with Crippen molar-refractivity contribution in [2.24, 2.45) is 0 Å². The molecule has 0 bridgehead atoms. The number of Topliss-reactive ketones (excluding diaryl/α,β-unsaturated/α-hetero) is 1. The van der Waals surface area contributed by atoms with E-state index in [1.54, 1.807) is 7.05 Å². The van der Waals surface area contributed by atoms with E-state index in [0.717, 1.165) is 6.07 Å². The molecule has 0 aliphatic carbocycles. The maximum atomic E-state index is 13.1. The van der Waals surface area contributed by atoms with Gasteiger partial charge in [-0.25, -0.2) is 4.39 Å². The Labute approximate surface area is 112 Å². The van der Waals surface area contributed by atoms with E-state index < -0.39 is 5.82 Å². The van der Waals surface area contributed by atoms with Crippen molar-refractivity contribution in [2.75, 3.05) is 13.7 Å². The first-order valence-electron chi connectivity index (χ1n) is 6.02. The molecule has 0 aliphatic heterocycles. The molecule has 0 aliphatic rings. The maximum absolute atomic E-state index is 13.1. The van der Waals surface area contributed by atoms with Crippen LogP contribution in [0.4, 0.5) is 4.39 Å². The summed E-state index contributed by atoms with van der Waals surface area (Å²) in [5.41, 5.74) is 0.139. The Morgan fingerprint density at radius 2 is 2.00 bits per heavy atom. The molecule has 0 radical (unpaired) electrons. The summed E-state index contributed by atoms with van der Waals surface area (Å²) in [5.74, 6) is -0.796. The molecule has 104 valence electrons. The SMILES string of the molecule is CC(=O)c1cc(F)ccc1OCC(=O)N(C)C(C)C. The molecule has 0 atom stereocenters. The first-order chi connectivity index (χ1) is 8.82. The number of halogens is 1. The summed E-state index contributed by atoms with van der Waals surface area (Å²) >= 11 is 0. The number of carbonyl (C=O) groups is 2. The summed E-state index contributed by atoms with van der Waals surface area (Å²) in [5, 5.41) is 0. The third-order valence-corrected chi connectivity index (χ3v) is 2.84. The van der Waals surface area contributed by atoms with Crippen LogP contribution < -0.4 is 4.74 Å². The van der Waals surface area contributed by atoms with Gasteiger partial charge in [0.05, 0.1) is 5.56 Å². The lowest BCUT2D eigenvalue weighted by Gasteiger charge is -2.21. The van der Waals surface area contributed by atoms with Crippen molar-refractivity contribution in [3.63, 3.8) is 0 Å². The molecule has 0 heterocycles. The summed E-state index contributed by atoms with van der Waals surface area (Å²) < 4.78 is 18.4. The molecular formula is C14H18FNO3. The third-order valence-electron chi connectivity index (χ3n) is 2.84. The van der Waals surface area contributed by atoms with Crippen molar-refractivity contribution in [1.29, 1.82) is 0 Å². The highest BCUT2D eigenvalue weighted by Gasteiger charge is 2.15. The number of nitrogens with zero attached hydrogens (tertiary/aromatic N) is 1. The molecule has 1 amide bonds. The van der Waals surface area contributed by atoms with Gasteiger partial charge in [-0.05, 0) is 39.0 Å². The predicted octanol–water partition coefficient (Wildman–Crippen LogP) is 2.27. The zero-order valence-corrected chi connectivity index (χ0v) is 11.6. The van der Waals surface area contributed by atoms with Crippen molar-refractivity contribution in [2.45, 2.75) is 26.8 Å². The lowest BCUT2D eigenvalue weighted by molar-refractivity contribution is -0.133. The molecule has 1 aromatic rings. The highest BCUT2D eigenvalue weighted by Crippen LogP contribution is 2.20. The van der Waals surface area contributed by atoms with Crippen molar-refractivity contribution in [3.05, 3.63) is 29.6 Å². The second kappa shape index (κ2) is 6.31. The number of ketones is 1. The Morgan fingerprint density at radius 3 is 2.53 bits per heavy atom. The van der Waals surface area contributed by atoms with Crippen LogP contribution in [0.1, 0.15) is 31.1 Å². The van der Waals surface area contributed by atoms with E-state index in [-0.39, 0.29) is 35.7 Å². The highest BCUT2D eigenvalue weighted by molar-refractivity contribution is 5.96.